The number of carboxylic acid groups (broad SMARTS) is 1. The summed E-state index contributed by atoms with van der Waals surface area (Å²) < 4.78 is 5.14. The van der Waals surface area contributed by atoms with E-state index < -0.39 is 11.9 Å². The van der Waals surface area contributed by atoms with Crippen molar-refractivity contribution in [1.82, 2.24) is 10.1 Å². The van der Waals surface area contributed by atoms with Gasteiger partial charge in [-0.3, -0.25) is 9.59 Å². The molecule has 1 aliphatic rings. The van der Waals surface area contributed by atoms with Crippen molar-refractivity contribution in [2.75, 3.05) is 6.54 Å². The van der Waals surface area contributed by atoms with E-state index >= 15 is 0 Å². The number of aromatic nitrogens is 1. The molecule has 2 rings (SSSR count). The number of hydrogen-bond donors (Lipinski definition) is 1. The normalized spacial score (nSPS) is 17.1. The number of aryl methyl sites for hydroxylation is 2. The van der Waals surface area contributed by atoms with E-state index in [1.807, 2.05) is 20.8 Å². The van der Waals surface area contributed by atoms with Gasteiger partial charge in [0.2, 0.25) is 5.91 Å². The maximum absolute atomic E-state index is 12.7. The highest BCUT2D eigenvalue weighted by Gasteiger charge is 2.36. The van der Waals surface area contributed by atoms with Gasteiger partial charge in [-0.15, -0.1) is 0 Å². The van der Waals surface area contributed by atoms with Crippen molar-refractivity contribution in [3.63, 3.8) is 0 Å². The largest absolute Gasteiger partial charge is 0.481 e. The first-order valence-electron chi connectivity index (χ1n) is 7.76. The Labute approximate surface area is 130 Å². The molecule has 122 valence electrons. The Morgan fingerprint density at radius 1 is 1.32 bits per heavy atom. The maximum Gasteiger partial charge on any atom is 0.308 e. The second kappa shape index (κ2) is 6.50. The van der Waals surface area contributed by atoms with Crippen LogP contribution in [-0.4, -0.2) is 39.6 Å². The SMILES string of the molecule is Cc1noc(C)c1C[C@H](C)C(=O)N(C[C@@H](C)C(=O)O)C1CC1. The molecular formula is C16H24N2O4. The molecule has 0 aromatic carbocycles. The zero-order valence-electron chi connectivity index (χ0n) is 13.6. The second-order valence-corrected chi connectivity index (χ2v) is 6.37. The van der Waals surface area contributed by atoms with Gasteiger partial charge in [0.25, 0.3) is 0 Å². The van der Waals surface area contributed by atoms with E-state index in [2.05, 4.69) is 5.16 Å². The summed E-state index contributed by atoms with van der Waals surface area (Å²) in [6, 6.07) is 0.210. The summed E-state index contributed by atoms with van der Waals surface area (Å²) in [6.45, 7) is 7.52. The molecular weight excluding hydrogens is 284 g/mol. The molecule has 0 saturated heterocycles. The molecule has 1 amide bonds. The Hall–Kier alpha value is -1.85. The Morgan fingerprint density at radius 2 is 1.95 bits per heavy atom. The highest BCUT2D eigenvalue weighted by atomic mass is 16.5. The van der Waals surface area contributed by atoms with E-state index in [0.717, 1.165) is 29.9 Å². The Morgan fingerprint density at radius 3 is 2.41 bits per heavy atom. The minimum absolute atomic E-state index is 0.0237. The second-order valence-electron chi connectivity index (χ2n) is 6.37. The number of carbonyl (C=O) groups excluding carboxylic acids is 1. The van der Waals surface area contributed by atoms with Gasteiger partial charge in [-0.2, -0.15) is 0 Å². The van der Waals surface area contributed by atoms with Gasteiger partial charge in [0.05, 0.1) is 11.6 Å². The third kappa shape index (κ3) is 3.67. The lowest BCUT2D eigenvalue weighted by atomic mass is 9.98. The minimum Gasteiger partial charge on any atom is -0.481 e. The van der Waals surface area contributed by atoms with Crippen LogP contribution in [0.25, 0.3) is 0 Å². The zero-order chi connectivity index (χ0) is 16.4. The topological polar surface area (TPSA) is 83.6 Å². The lowest BCUT2D eigenvalue weighted by molar-refractivity contribution is -0.144. The van der Waals surface area contributed by atoms with E-state index in [1.165, 1.54) is 0 Å². The number of amides is 1. The van der Waals surface area contributed by atoms with Gasteiger partial charge in [0.15, 0.2) is 0 Å². The Bertz CT molecular complexity index is 543. The van der Waals surface area contributed by atoms with Crippen LogP contribution in [0.5, 0.6) is 0 Å². The Balaban J connectivity index is 2.05. The molecule has 0 unspecified atom stereocenters. The monoisotopic (exact) mass is 308 g/mol. The van der Waals surface area contributed by atoms with Gasteiger partial charge in [-0.1, -0.05) is 19.0 Å². The molecule has 0 radical (unpaired) electrons. The number of rotatable bonds is 7. The lowest BCUT2D eigenvalue weighted by Gasteiger charge is -2.27. The molecule has 6 heteroatoms. The molecule has 0 spiro atoms. The summed E-state index contributed by atoms with van der Waals surface area (Å²) in [7, 11) is 0. The predicted molar refractivity (Wildman–Crippen MR) is 80.4 cm³/mol. The highest BCUT2D eigenvalue weighted by Crippen LogP contribution is 2.30. The van der Waals surface area contributed by atoms with Crippen LogP contribution in [0.15, 0.2) is 4.52 Å². The van der Waals surface area contributed by atoms with Crippen molar-refractivity contribution in [2.45, 2.75) is 53.0 Å². The van der Waals surface area contributed by atoms with Gasteiger partial charge >= 0.3 is 5.97 Å². The fourth-order valence-electron chi connectivity index (χ4n) is 2.65. The summed E-state index contributed by atoms with van der Waals surface area (Å²) >= 11 is 0. The molecule has 1 fully saturated rings. The predicted octanol–water partition coefficient (Wildman–Crippen LogP) is 2.18. The van der Waals surface area contributed by atoms with Gasteiger partial charge < -0.3 is 14.5 Å². The van der Waals surface area contributed by atoms with Crippen LogP contribution in [0.4, 0.5) is 0 Å². The van der Waals surface area contributed by atoms with Crippen LogP contribution in [0.1, 0.15) is 43.7 Å². The molecule has 0 aliphatic heterocycles. The van der Waals surface area contributed by atoms with Crippen LogP contribution < -0.4 is 0 Å². The number of carboxylic acids is 1. The molecule has 1 heterocycles. The van der Waals surface area contributed by atoms with Crippen LogP contribution in [0.2, 0.25) is 0 Å². The first-order chi connectivity index (χ1) is 10.3. The van der Waals surface area contributed by atoms with Crippen LogP contribution in [0.3, 0.4) is 0 Å². The van der Waals surface area contributed by atoms with Crippen molar-refractivity contribution < 1.29 is 19.2 Å². The van der Waals surface area contributed by atoms with Gasteiger partial charge in [-0.05, 0) is 33.1 Å². The van der Waals surface area contributed by atoms with Crippen LogP contribution >= 0.6 is 0 Å². The minimum atomic E-state index is -0.864. The quantitative estimate of drug-likeness (QED) is 0.834. The molecule has 1 saturated carbocycles. The molecule has 1 aromatic rings. The van der Waals surface area contributed by atoms with E-state index in [-0.39, 0.29) is 24.4 Å². The summed E-state index contributed by atoms with van der Waals surface area (Å²) in [6.07, 6.45) is 2.51. The third-order valence-electron chi connectivity index (χ3n) is 4.28. The van der Waals surface area contributed by atoms with Gasteiger partial charge in [0.1, 0.15) is 5.76 Å². The van der Waals surface area contributed by atoms with Gasteiger partial charge in [-0.25, -0.2) is 0 Å². The molecule has 1 N–H and O–H groups in total. The Kier molecular flexibility index (Phi) is 4.88. The van der Waals surface area contributed by atoms with Crippen LogP contribution in [0, 0.1) is 25.7 Å². The average Bonchev–Trinajstić information content (AvgIpc) is 3.25. The summed E-state index contributed by atoms with van der Waals surface area (Å²) in [5.41, 5.74) is 1.79. The van der Waals surface area contributed by atoms with E-state index in [4.69, 9.17) is 9.63 Å². The van der Waals surface area contributed by atoms with E-state index in [1.54, 1.807) is 11.8 Å². The number of carbonyl (C=O) groups is 2. The average molecular weight is 308 g/mol. The van der Waals surface area contributed by atoms with Crippen molar-refractivity contribution >= 4 is 11.9 Å². The fraction of sp³-hybridized carbons (Fsp3) is 0.688. The van der Waals surface area contributed by atoms with Crippen LogP contribution in [-0.2, 0) is 16.0 Å². The van der Waals surface area contributed by atoms with E-state index in [9.17, 15) is 9.59 Å². The third-order valence-corrected chi connectivity index (χ3v) is 4.28. The number of aliphatic carboxylic acids is 1. The van der Waals surface area contributed by atoms with Crippen molar-refractivity contribution in [3.05, 3.63) is 17.0 Å². The lowest BCUT2D eigenvalue weighted by Crippen LogP contribution is -2.41. The number of nitrogens with zero attached hydrogens (tertiary/aromatic N) is 2. The standard InChI is InChI=1S/C16H24N2O4/c1-9(7-14-11(3)17-22-12(14)4)15(19)18(13-5-6-13)8-10(2)16(20)21/h9-10,13H,5-8H2,1-4H3,(H,20,21)/t9-,10+/m0/s1. The fourth-order valence-corrected chi connectivity index (χ4v) is 2.65. The summed E-state index contributed by atoms with van der Waals surface area (Å²) in [5, 5.41) is 13.0. The molecule has 6 nitrogen and oxygen atoms in total. The first kappa shape index (κ1) is 16.5. The summed E-state index contributed by atoms with van der Waals surface area (Å²) in [5.74, 6) is -0.851. The smallest absolute Gasteiger partial charge is 0.308 e. The zero-order valence-corrected chi connectivity index (χ0v) is 13.6. The molecule has 22 heavy (non-hydrogen) atoms. The maximum atomic E-state index is 12.7. The van der Waals surface area contributed by atoms with E-state index in [0.29, 0.717) is 6.42 Å². The molecule has 0 bridgehead atoms. The molecule has 1 aromatic heterocycles. The number of hydrogen-bond acceptors (Lipinski definition) is 4. The van der Waals surface area contributed by atoms with Crippen molar-refractivity contribution in [2.24, 2.45) is 11.8 Å². The van der Waals surface area contributed by atoms with Gasteiger partial charge in [0, 0.05) is 24.1 Å². The molecule has 1 aliphatic carbocycles. The summed E-state index contributed by atoms with van der Waals surface area (Å²) in [4.78, 5) is 25.5. The first-order valence-corrected chi connectivity index (χ1v) is 7.76. The van der Waals surface area contributed by atoms with Crippen molar-refractivity contribution in [1.29, 1.82) is 0 Å². The highest BCUT2D eigenvalue weighted by molar-refractivity contribution is 5.80. The van der Waals surface area contributed by atoms with Crippen molar-refractivity contribution in [3.8, 4) is 0 Å². The molecule has 2 atom stereocenters.